The molecule has 19 heavy (non-hydrogen) atoms. The molecule has 1 rings (SSSR count). The minimum absolute atomic E-state index is 0.00102. The fraction of sp³-hybridized carbons (Fsp3) is 0.385. The topological polar surface area (TPSA) is 64.6 Å². The van der Waals surface area contributed by atoms with Crippen molar-refractivity contribution in [3.05, 3.63) is 29.6 Å². The molecule has 0 unspecified atom stereocenters. The Balaban J connectivity index is 2.96. The van der Waals surface area contributed by atoms with Gasteiger partial charge in [-0.05, 0) is 39.0 Å². The van der Waals surface area contributed by atoms with Gasteiger partial charge >= 0.3 is 12.1 Å². The Kier molecular flexibility index (Phi) is 4.47. The Bertz CT molecular complexity index is 494. The van der Waals surface area contributed by atoms with Crippen LogP contribution in [-0.2, 0) is 9.47 Å². The Morgan fingerprint density at radius 2 is 1.89 bits per heavy atom. The summed E-state index contributed by atoms with van der Waals surface area (Å²) in [6.07, 6.45) is -0.775. The summed E-state index contributed by atoms with van der Waals surface area (Å²) in [7, 11) is 1.20. The molecule has 0 aliphatic rings. The van der Waals surface area contributed by atoms with Crippen LogP contribution in [0.1, 0.15) is 31.1 Å². The summed E-state index contributed by atoms with van der Waals surface area (Å²) in [6.45, 7) is 5.08. The molecule has 0 aliphatic heterocycles. The molecule has 0 bridgehead atoms. The Morgan fingerprint density at radius 3 is 2.42 bits per heavy atom. The quantitative estimate of drug-likeness (QED) is 0.838. The Hall–Kier alpha value is -2.11. The number of benzene rings is 1. The van der Waals surface area contributed by atoms with Gasteiger partial charge in [-0.15, -0.1) is 0 Å². The van der Waals surface area contributed by atoms with Gasteiger partial charge in [0.1, 0.15) is 11.4 Å². The van der Waals surface area contributed by atoms with Crippen LogP contribution in [0.15, 0.2) is 18.2 Å². The number of ether oxygens (including phenoxy) is 2. The average Bonchev–Trinajstić information content (AvgIpc) is 2.25. The van der Waals surface area contributed by atoms with E-state index in [1.54, 1.807) is 20.8 Å². The number of esters is 1. The van der Waals surface area contributed by atoms with Crippen molar-refractivity contribution in [1.82, 2.24) is 0 Å². The number of halogens is 1. The highest BCUT2D eigenvalue weighted by Gasteiger charge is 2.19. The van der Waals surface area contributed by atoms with E-state index in [4.69, 9.17) is 4.74 Å². The molecule has 0 aliphatic carbocycles. The number of hydrogen-bond donors (Lipinski definition) is 1. The summed E-state index contributed by atoms with van der Waals surface area (Å²) >= 11 is 0. The zero-order chi connectivity index (χ0) is 14.6. The van der Waals surface area contributed by atoms with Crippen molar-refractivity contribution in [3.63, 3.8) is 0 Å². The van der Waals surface area contributed by atoms with E-state index in [2.05, 4.69) is 10.1 Å². The molecule has 0 heterocycles. The molecule has 0 fully saturated rings. The van der Waals surface area contributed by atoms with Crippen molar-refractivity contribution in [2.24, 2.45) is 0 Å². The fourth-order valence-corrected chi connectivity index (χ4v) is 1.32. The standard InChI is InChI=1S/C13H16FNO4/c1-13(2,3)19-12(17)15-10-7-8(14)5-6-9(10)11(16)18-4/h5-7H,1-4H3,(H,15,17). The molecule has 0 saturated heterocycles. The summed E-state index contributed by atoms with van der Waals surface area (Å²) < 4.78 is 22.7. The van der Waals surface area contributed by atoms with Gasteiger partial charge in [-0.25, -0.2) is 14.0 Å². The second kappa shape index (κ2) is 5.69. The van der Waals surface area contributed by atoms with E-state index < -0.39 is 23.5 Å². The first kappa shape index (κ1) is 14.9. The van der Waals surface area contributed by atoms with Gasteiger partial charge in [0.05, 0.1) is 18.4 Å². The first-order chi connectivity index (χ1) is 8.73. The van der Waals surface area contributed by atoms with Crippen molar-refractivity contribution in [2.45, 2.75) is 26.4 Å². The normalized spacial score (nSPS) is 10.8. The van der Waals surface area contributed by atoms with Gasteiger partial charge in [0.25, 0.3) is 0 Å². The maximum atomic E-state index is 13.2. The van der Waals surface area contributed by atoms with Crippen molar-refractivity contribution < 1.29 is 23.5 Å². The van der Waals surface area contributed by atoms with Gasteiger partial charge in [0.2, 0.25) is 0 Å². The average molecular weight is 269 g/mol. The second-order valence-corrected chi connectivity index (χ2v) is 4.81. The lowest BCUT2D eigenvalue weighted by Gasteiger charge is -2.20. The van der Waals surface area contributed by atoms with Crippen molar-refractivity contribution >= 4 is 17.7 Å². The molecule has 6 heteroatoms. The van der Waals surface area contributed by atoms with Gasteiger partial charge in [-0.1, -0.05) is 0 Å². The van der Waals surface area contributed by atoms with Crippen LogP contribution in [-0.4, -0.2) is 24.8 Å². The fourth-order valence-electron chi connectivity index (χ4n) is 1.32. The number of carbonyl (C=O) groups excluding carboxylic acids is 2. The molecule has 104 valence electrons. The SMILES string of the molecule is COC(=O)c1ccc(F)cc1NC(=O)OC(C)(C)C. The largest absolute Gasteiger partial charge is 0.465 e. The lowest BCUT2D eigenvalue weighted by atomic mass is 10.1. The highest BCUT2D eigenvalue weighted by atomic mass is 19.1. The summed E-state index contributed by atoms with van der Waals surface area (Å²) in [5.74, 6) is -1.26. The lowest BCUT2D eigenvalue weighted by Crippen LogP contribution is -2.27. The first-order valence-electron chi connectivity index (χ1n) is 5.61. The number of carbonyl (C=O) groups is 2. The van der Waals surface area contributed by atoms with Crippen LogP contribution in [0.2, 0.25) is 0 Å². The number of nitrogens with one attached hydrogen (secondary N) is 1. The lowest BCUT2D eigenvalue weighted by molar-refractivity contribution is 0.0602. The monoisotopic (exact) mass is 269 g/mol. The molecule has 0 radical (unpaired) electrons. The predicted octanol–water partition coefficient (Wildman–Crippen LogP) is 2.96. The molecule has 1 amide bonds. The van der Waals surface area contributed by atoms with Gasteiger partial charge in [-0.2, -0.15) is 0 Å². The predicted molar refractivity (Wildman–Crippen MR) is 67.6 cm³/mol. The van der Waals surface area contributed by atoms with Crippen molar-refractivity contribution in [3.8, 4) is 0 Å². The van der Waals surface area contributed by atoms with E-state index in [0.717, 1.165) is 12.1 Å². The van der Waals surface area contributed by atoms with E-state index in [-0.39, 0.29) is 11.3 Å². The van der Waals surface area contributed by atoms with Crippen LogP contribution in [0.5, 0.6) is 0 Å². The third-order valence-corrected chi connectivity index (χ3v) is 2.02. The van der Waals surface area contributed by atoms with E-state index in [1.165, 1.54) is 13.2 Å². The smallest absolute Gasteiger partial charge is 0.412 e. The van der Waals surface area contributed by atoms with E-state index in [0.29, 0.717) is 0 Å². The number of hydrogen-bond acceptors (Lipinski definition) is 4. The summed E-state index contributed by atoms with van der Waals surface area (Å²) in [4.78, 5) is 23.1. The van der Waals surface area contributed by atoms with Crippen LogP contribution in [0.25, 0.3) is 0 Å². The molecular weight excluding hydrogens is 253 g/mol. The van der Waals surface area contributed by atoms with Crippen molar-refractivity contribution in [2.75, 3.05) is 12.4 Å². The molecular formula is C13H16FNO4. The molecule has 0 spiro atoms. The number of amides is 1. The van der Waals surface area contributed by atoms with Crippen LogP contribution in [0.4, 0.5) is 14.9 Å². The maximum absolute atomic E-state index is 13.2. The Morgan fingerprint density at radius 1 is 1.26 bits per heavy atom. The summed E-state index contributed by atoms with van der Waals surface area (Å²) in [6, 6.07) is 3.36. The van der Waals surface area contributed by atoms with Crippen LogP contribution >= 0.6 is 0 Å². The van der Waals surface area contributed by atoms with Gasteiger partial charge < -0.3 is 9.47 Å². The van der Waals surface area contributed by atoms with Crippen LogP contribution < -0.4 is 5.32 Å². The van der Waals surface area contributed by atoms with E-state index in [9.17, 15) is 14.0 Å². The molecule has 1 N–H and O–H groups in total. The maximum Gasteiger partial charge on any atom is 0.412 e. The number of rotatable bonds is 2. The van der Waals surface area contributed by atoms with Crippen molar-refractivity contribution in [1.29, 1.82) is 0 Å². The molecule has 0 atom stereocenters. The zero-order valence-corrected chi connectivity index (χ0v) is 11.2. The second-order valence-electron chi connectivity index (χ2n) is 4.81. The summed E-state index contributed by atoms with van der Waals surface area (Å²) in [5, 5.41) is 2.32. The van der Waals surface area contributed by atoms with E-state index >= 15 is 0 Å². The highest BCUT2D eigenvalue weighted by Crippen LogP contribution is 2.19. The minimum atomic E-state index is -0.775. The minimum Gasteiger partial charge on any atom is -0.465 e. The van der Waals surface area contributed by atoms with Crippen LogP contribution in [0, 0.1) is 5.82 Å². The molecule has 1 aromatic rings. The van der Waals surface area contributed by atoms with E-state index in [1.807, 2.05) is 0 Å². The summed E-state index contributed by atoms with van der Waals surface area (Å²) in [5.41, 5.74) is -0.640. The molecule has 5 nitrogen and oxygen atoms in total. The highest BCUT2D eigenvalue weighted by molar-refractivity contribution is 5.99. The van der Waals surface area contributed by atoms with Gasteiger partial charge in [0, 0.05) is 0 Å². The van der Waals surface area contributed by atoms with Crippen LogP contribution in [0.3, 0.4) is 0 Å². The molecule has 0 saturated carbocycles. The third kappa shape index (κ3) is 4.57. The Labute approximate surface area is 110 Å². The van der Waals surface area contributed by atoms with Gasteiger partial charge in [-0.3, -0.25) is 5.32 Å². The molecule has 0 aromatic heterocycles. The number of methoxy groups -OCH3 is 1. The molecule has 1 aromatic carbocycles. The number of anilines is 1. The first-order valence-corrected chi connectivity index (χ1v) is 5.61. The van der Waals surface area contributed by atoms with Gasteiger partial charge in [0.15, 0.2) is 0 Å². The zero-order valence-electron chi connectivity index (χ0n) is 11.2. The third-order valence-electron chi connectivity index (χ3n) is 2.02.